The van der Waals surface area contributed by atoms with Crippen molar-refractivity contribution in [2.75, 3.05) is 13.2 Å². The van der Waals surface area contributed by atoms with Crippen LogP contribution in [-0.4, -0.2) is 47.7 Å². The van der Waals surface area contributed by atoms with Gasteiger partial charge in [-0.25, -0.2) is 4.98 Å². The van der Waals surface area contributed by atoms with E-state index >= 15 is 0 Å². The van der Waals surface area contributed by atoms with Gasteiger partial charge in [0, 0.05) is 0 Å². The van der Waals surface area contributed by atoms with Gasteiger partial charge in [0.1, 0.15) is 6.73 Å². The number of rotatable bonds is 7. The highest BCUT2D eigenvalue weighted by Gasteiger charge is 2.30. The van der Waals surface area contributed by atoms with Crippen LogP contribution in [0.4, 0.5) is 17.1 Å². The molecular formula is C16H15N5O9. The molecule has 0 bridgehead atoms. The summed E-state index contributed by atoms with van der Waals surface area (Å²) in [5.74, 6) is -1.21. The maximum atomic E-state index is 10.4. The molecule has 0 aliphatic rings. The summed E-state index contributed by atoms with van der Waals surface area (Å²) in [6.45, 7) is 0.834. The van der Waals surface area contributed by atoms with Gasteiger partial charge in [-0.05, 0) is 12.1 Å². The van der Waals surface area contributed by atoms with E-state index in [1.165, 1.54) is 0 Å². The molecule has 0 atom stereocenters. The quantitative estimate of drug-likeness (QED) is 0.323. The summed E-state index contributed by atoms with van der Waals surface area (Å²) >= 11 is 0. The van der Waals surface area contributed by atoms with Crippen molar-refractivity contribution < 1.29 is 29.7 Å². The molecule has 3 aromatic rings. The van der Waals surface area contributed by atoms with Gasteiger partial charge in [0.15, 0.2) is 0 Å². The van der Waals surface area contributed by atoms with Gasteiger partial charge >= 0.3 is 11.4 Å². The number of aliphatic hydroxyl groups excluding tert-OH is 1. The van der Waals surface area contributed by atoms with Gasteiger partial charge < -0.3 is 19.5 Å². The number of hydrogen-bond donors (Lipinski definition) is 2. The summed E-state index contributed by atoms with van der Waals surface area (Å²) in [6.07, 6.45) is 1.74. The average molecular weight is 421 g/mol. The van der Waals surface area contributed by atoms with E-state index in [0.29, 0.717) is 25.5 Å². The third-order valence-electron chi connectivity index (χ3n) is 3.65. The molecule has 3 rings (SSSR count). The molecule has 30 heavy (non-hydrogen) atoms. The standard InChI is InChI=1S/C10H12N2O2.C6H3N3O7/c13-5-6-14-8-12-7-11-9-3-1-2-4-10(9)12;10-6-4(8(13)14)1-3(7(11)12)2-5(6)9(15)16/h1-4,7,13H,5-6,8H2;1-2,10H. The molecule has 158 valence electrons. The second-order valence-corrected chi connectivity index (χ2v) is 5.57. The number of phenolic OH excluding ortho intramolecular Hbond substituents is 1. The molecule has 14 heteroatoms. The molecule has 0 saturated heterocycles. The molecule has 14 nitrogen and oxygen atoms in total. The lowest BCUT2D eigenvalue weighted by atomic mass is 10.2. The zero-order valence-electron chi connectivity index (χ0n) is 15.2. The minimum absolute atomic E-state index is 0.0482. The van der Waals surface area contributed by atoms with Crippen LogP contribution in [0, 0.1) is 30.3 Å². The molecule has 1 heterocycles. The molecule has 0 unspecified atom stereocenters. The Balaban J connectivity index is 0.000000215. The van der Waals surface area contributed by atoms with Crippen LogP contribution >= 0.6 is 0 Å². The van der Waals surface area contributed by atoms with Gasteiger partial charge in [0.25, 0.3) is 11.4 Å². The number of aromatic nitrogens is 2. The number of fused-ring (bicyclic) bond motifs is 1. The van der Waals surface area contributed by atoms with Gasteiger partial charge in [0.2, 0.25) is 0 Å². The Morgan fingerprint density at radius 3 is 2.13 bits per heavy atom. The lowest BCUT2D eigenvalue weighted by molar-refractivity contribution is -0.404. The van der Waals surface area contributed by atoms with Crippen LogP contribution in [0.5, 0.6) is 5.75 Å². The van der Waals surface area contributed by atoms with E-state index in [0.717, 1.165) is 11.0 Å². The molecule has 0 spiro atoms. The van der Waals surface area contributed by atoms with Crippen molar-refractivity contribution >= 4 is 28.1 Å². The first-order chi connectivity index (χ1) is 14.3. The summed E-state index contributed by atoms with van der Waals surface area (Å²) in [4.78, 5) is 32.0. The van der Waals surface area contributed by atoms with Crippen LogP contribution < -0.4 is 0 Å². The number of non-ortho nitro benzene ring substituents is 1. The summed E-state index contributed by atoms with van der Waals surface area (Å²) in [7, 11) is 0. The molecule has 1 aromatic heterocycles. The summed E-state index contributed by atoms with van der Waals surface area (Å²) in [5, 5.41) is 48.8. The third kappa shape index (κ3) is 5.21. The fraction of sp³-hybridized carbons (Fsp3) is 0.188. The molecule has 0 fully saturated rings. The minimum atomic E-state index is -1.21. The SMILES string of the molecule is O=[N+]([O-])c1cc([N+](=O)[O-])c(O)c([N+](=O)[O-])c1.OCCOCn1cnc2ccccc21. The van der Waals surface area contributed by atoms with E-state index in [2.05, 4.69) is 4.98 Å². The summed E-state index contributed by atoms with van der Waals surface area (Å²) < 4.78 is 7.12. The van der Waals surface area contributed by atoms with Crippen LogP contribution in [-0.2, 0) is 11.5 Å². The Morgan fingerprint density at radius 2 is 1.60 bits per heavy atom. The van der Waals surface area contributed by atoms with Crippen LogP contribution in [0.25, 0.3) is 11.0 Å². The van der Waals surface area contributed by atoms with E-state index in [1.807, 2.05) is 28.8 Å². The molecule has 0 aliphatic carbocycles. The highest BCUT2D eigenvalue weighted by Crippen LogP contribution is 2.38. The van der Waals surface area contributed by atoms with Gasteiger partial charge in [-0.3, -0.25) is 30.3 Å². The van der Waals surface area contributed by atoms with E-state index < -0.39 is 37.6 Å². The van der Waals surface area contributed by atoms with Crippen LogP contribution in [0.2, 0.25) is 0 Å². The van der Waals surface area contributed by atoms with Gasteiger partial charge in [-0.2, -0.15) is 0 Å². The first-order valence-electron chi connectivity index (χ1n) is 8.15. The van der Waals surface area contributed by atoms with Gasteiger partial charge in [0.05, 0.1) is 57.5 Å². The Bertz CT molecular complexity index is 1050. The zero-order chi connectivity index (χ0) is 22.3. The predicted octanol–water partition coefficient (Wildman–Crippen LogP) is 2.12. The molecule has 0 saturated carbocycles. The first-order valence-corrected chi connectivity index (χ1v) is 8.15. The topological polar surface area (TPSA) is 197 Å². The fourth-order valence-corrected chi connectivity index (χ4v) is 2.31. The van der Waals surface area contributed by atoms with Crippen molar-refractivity contribution in [2.24, 2.45) is 0 Å². The molecule has 0 amide bonds. The number of nitro groups is 3. The second kappa shape index (κ2) is 9.85. The van der Waals surface area contributed by atoms with Crippen LogP contribution in [0.1, 0.15) is 0 Å². The van der Waals surface area contributed by atoms with E-state index in [4.69, 9.17) is 14.9 Å². The number of aromatic hydroxyl groups is 1. The number of benzene rings is 2. The molecular weight excluding hydrogens is 406 g/mol. The van der Waals surface area contributed by atoms with Crippen molar-refractivity contribution in [1.29, 1.82) is 0 Å². The van der Waals surface area contributed by atoms with E-state index in [9.17, 15) is 30.3 Å². The number of nitro benzene ring substituents is 3. The number of aliphatic hydroxyl groups is 1. The van der Waals surface area contributed by atoms with Crippen molar-refractivity contribution in [3.05, 3.63) is 73.1 Å². The fourth-order valence-electron chi connectivity index (χ4n) is 2.31. The number of nitrogens with zero attached hydrogens (tertiary/aromatic N) is 5. The van der Waals surface area contributed by atoms with E-state index in [-0.39, 0.29) is 6.61 Å². The molecule has 0 aliphatic heterocycles. The maximum absolute atomic E-state index is 10.4. The summed E-state index contributed by atoms with van der Waals surface area (Å²) in [6, 6.07) is 8.76. The lowest BCUT2D eigenvalue weighted by Gasteiger charge is -2.03. The normalized spacial score (nSPS) is 10.3. The van der Waals surface area contributed by atoms with E-state index in [1.54, 1.807) is 6.33 Å². The molecule has 0 radical (unpaired) electrons. The first kappa shape index (κ1) is 22.1. The number of imidazole rings is 1. The van der Waals surface area contributed by atoms with Crippen molar-refractivity contribution in [3.8, 4) is 5.75 Å². The largest absolute Gasteiger partial charge is 0.497 e. The van der Waals surface area contributed by atoms with Crippen LogP contribution in [0.15, 0.2) is 42.7 Å². The summed E-state index contributed by atoms with van der Waals surface area (Å²) in [5.41, 5.74) is -0.997. The Hall–Kier alpha value is -4.17. The highest BCUT2D eigenvalue weighted by atomic mass is 16.6. The lowest BCUT2D eigenvalue weighted by Crippen LogP contribution is -2.04. The maximum Gasteiger partial charge on any atom is 0.324 e. The van der Waals surface area contributed by atoms with Gasteiger partial charge in [-0.15, -0.1) is 0 Å². The van der Waals surface area contributed by atoms with Crippen molar-refractivity contribution in [1.82, 2.24) is 9.55 Å². The highest BCUT2D eigenvalue weighted by molar-refractivity contribution is 5.74. The number of ether oxygens (including phenoxy) is 1. The number of para-hydroxylation sites is 2. The molecule has 2 aromatic carbocycles. The Morgan fingerprint density at radius 1 is 1.00 bits per heavy atom. The third-order valence-corrected chi connectivity index (χ3v) is 3.65. The average Bonchev–Trinajstić information content (AvgIpc) is 3.11. The minimum Gasteiger partial charge on any atom is -0.497 e. The zero-order valence-corrected chi connectivity index (χ0v) is 15.2. The number of hydrogen-bond acceptors (Lipinski definition) is 10. The predicted molar refractivity (Wildman–Crippen MR) is 101 cm³/mol. The molecule has 2 N–H and O–H groups in total. The smallest absolute Gasteiger partial charge is 0.324 e. The van der Waals surface area contributed by atoms with Crippen molar-refractivity contribution in [3.63, 3.8) is 0 Å². The number of phenols is 1. The van der Waals surface area contributed by atoms with Gasteiger partial charge in [-0.1, -0.05) is 12.1 Å². The van der Waals surface area contributed by atoms with Crippen LogP contribution in [0.3, 0.4) is 0 Å². The van der Waals surface area contributed by atoms with Crippen molar-refractivity contribution in [2.45, 2.75) is 6.73 Å². The second-order valence-electron chi connectivity index (χ2n) is 5.57. The monoisotopic (exact) mass is 421 g/mol. The Labute approximate surface area is 167 Å². The Kier molecular flexibility index (Phi) is 7.27.